The monoisotopic (exact) mass is 513 g/mol. The molecule has 2 heterocycles. The number of pyridine rings is 1. The fourth-order valence-corrected chi connectivity index (χ4v) is 5.88. The van der Waals surface area contributed by atoms with Gasteiger partial charge in [-0.15, -0.1) is 0 Å². The highest BCUT2D eigenvalue weighted by atomic mass is 35.5. The number of carbonyl (C=O) groups excluding carboxylic acids is 1. The van der Waals surface area contributed by atoms with Gasteiger partial charge in [-0.1, -0.05) is 51.4 Å². The fraction of sp³-hybridized carbons (Fsp3) is 0.586. The second-order valence-corrected chi connectivity index (χ2v) is 12.6. The van der Waals surface area contributed by atoms with Crippen molar-refractivity contribution in [1.82, 2.24) is 15.6 Å². The van der Waals surface area contributed by atoms with E-state index in [-0.39, 0.29) is 23.0 Å². The van der Waals surface area contributed by atoms with Crippen molar-refractivity contribution in [2.75, 3.05) is 6.54 Å². The van der Waals surface area contributed by atoms with Crippen LogP contribution in [0.4, 0.5) is 0 Å². The molecule has 196 valence electrons. The highest BCUT2D eigenvalue weighted by Gasteiger charge is 2.49. The van der Waals surface area contributed by atoms with Crippen LogP contribution in [0, 0.1) is 11.3 Å². The number of aromatic nitrogens is 1. The molecule has 2 aromatic rings. The van der Waals surface area contributed by atoms with Crippen LogP contribution in [-0.4, -0.2) is 40.3 Å². The van der Waals surface area contributed by atoms with E-state index in [0.29, 0.717) is 29.8 Å². The Morgan fingerprint density at radius 2 is 1.92 bits per heavy atom. The molecule has 0 bridgehead atoms. The molecule has 1 spiro atoms. The van der Waals surface area contributed by atoms with E-state index in [2.05, 4.69) is 44.4 Å². The van der Waals surface area contributed by atoms with Gasteiger partial charge in [0.25, 0.3) is 0 Å². The number of aliphatic hydroxyl groups excluding tert-OH is 1. The van der Waals surface area contributed by atoms with Crippen molar-refractivity contribution in [2.24, 2.45) is 11.3 Å². The number of nitrogens with zero attached hydrogens (tertiary/aromatic N) is 1. The van der Waals surface area contributed by atoms with Crippen LogP contribution in [0.5, 0.6) is 5.88 Å². The van der Waals surface area contributed by atoms with Gasteiger partial charge < -0.3 is 20.5 Å². The number of ether oxygens (including phenoxy) is 1. The molecule has 7 heteroatoms. The maximum Gasteiger partial charge on any atom is 0.218 e. The highest BCUT2D eigenvalue weighted by Crippen LogP contribution is 2.50. The second kappa shape index (κ2) is 10.7. The molecule has 0 unspecified atom stereocenters. The lowest BCUT2D eigenvalue weighted by Gasteiger charge is -2.50. The van der Waals surface area contributed by atoms with Crippen molar-refractivity contribution in [3.05, 3.63) is 58.2 Å². The van der Waals surface area contributed by atoms with Gasteiger partial charge in [-0.3, -0.25) is 4.79 Å². The summed E-state index contributed by atoms with van der Waals surface area (Å²) in [5.74, 6) is 1.18. The Morgan fingerprint density at radius 3 is 2.53 bits per heavy atom. The van der Waals surface area contributed by atoms with Gasteiger partial charge in [-0.05, 0) is 66.3 Å². The summed E-state index contributed by atoms with van der Waals surface area (Å²) in [6, 6.07) is 9.33. The Hall–Kier alpha value is -2.15. The number of halogens is 1. The minimum Gasteiger partial charge on any atom is -0.471 e. The van der Waals surface area contributed by atoms with Crippen molar-refractivity contribution in [3.8, 4) is 5.88 Å². The second-order valence-electron chi connectivity index (χ2n) is 12.1. The molecule has 1 saturated carbocycles. The van der Waals surface area contributed by atoms with E-state index >= 15 is 0 Å². The zero-order chi connectivity index (χ0) is 26.1. The summed E-state index contributed by atoms with van der Waals surface area (Å²) in [4.78, 5) is 16.6. The average molecular weight is 514 g/mol. The van der Waals surface area contributed by atoms with Crippen molar-refractivity contribution in [1.29, 1.82) is 0 Å². The largest absolute Gasteiger partial charge is 0.471 e. The molecule has 2 aliphatic rings. The summed E-state index contributed by atoms with van der Waals surface area (Å²) in [6.07, 6.45) is 5.50. The van der Waals surface area contributed by atoms with Crippen LogP contribution in [0.1, 0.15) is 76.6 Å². The van der Waals surface area contributed by atoms with Gasteiger partial charge >= 0.3 is 0 Å². The number of fused-ring (bicyclic) bond motifs is 1. The van der Waals surface area contributed by atoms with E-state index in [1.54, 1.807) is 0 Å². The predicted molar refractivity (Wildman–Crippen MR) is 143 cm³/mol. The van der Waals surface area contributed by atoms with Crippen molar-refractivity contribution < 1.29 is 14.6 Å². The molecule has 6 nitrogen and oxygen atoms in total. The molecule has 1 aliphatic carbocycles. The molecule has 1 aromatic carbocycles. The molecule has 3 N–H and O–H groups in total. The zero-order valence-corrected chi connectivity index (χ0v) is 22.9. The molecule has 36 heavy (non-hydrogen) atoms. The number of nitrogens with one attached hydrogen (secondary N) is 2. The molecule has 1 aliphatic heterocycles. The standard InChI is InChI=1S/C29H40ClN3O3/c1-18-12-29(13-18)15-25(23-10-21(14-28(3,4)5)16-32-27(23)36-29)31-17-26(35)24(33-19(2)34)11-20-6-8-22(30)9-7-20/h6-10,16,18,24-26,31,35H,11-15,17H2,1-5H3,(H,33,34)/t18?,24-,25-,26+,29?/m0/s1. The number of rotatable bonds is 8. The molecule has 1 fully saturated rings. The van der Waals surface area contributed by atoms with Crippen LogP contribution in [0.2, 0.25) is 5.02 Å². The molecule has 0 saturated heterocycles. The van der Waals surface area contributed by atoms with Gasteiger partial charge in [0.2, 0.25) is 11.8 Å². The maximum atomic E-state index is 11.9. The van der Waals surface area contributed by atoms with E-state index in [4.69, 9.17) is 21.3 Å². The Bertz CT molecular complexity index is 1060. The Balaban J connectivity index is 1.51. The first kappa shape index (κ1) is 26.9. The molecule has 4 rings (SSSR count). The van der Waals surface area contributed by atoms with E-state index in [0.717, 1.165) is 36.8 Å². The molecule has 1 aromatic heterocycles. The van der Waals surface area contributed by atoms with Crippen molar-refractivity contribution in [3.63, 3.8) is 0 Å². The molecule has 1 amide bonds. The Kier molecular flexibility index (Phi) is 7.98. The van der Waals surface area contributed by atoms with Gasteiger partial charge in [-0.2, -0.15) is 0 Å². The zero-order valence-electron chi connectivity index (χ0n) is 22.1. The minimum absolute atomic E-state index is 0.0248. The summed E-state index contributed by atoms with van der Waals surface area (Å²) in [5.41, 5.74) is 3.22. The average Bonchev–Trinajstić information content (AvgIpc) is 2.76. The van der Waals surface area contributed by atoms with Crippen LogP contribution in [-0.2, 0) is 17.6 Å². The fourth-order valence-electron chi connectivity index (χ4n) is 5.75. The van der Waals surface area contributed by atoms with Crippen LogP contribution in [0.25, 0.3) is 0 Å². The lowest BCUT2D eigenvalue weighted by Crippen LogP contribution is -2.54. The molecule has 0 radical (unpaired) electrons. The number of aliphatic hydroxyl groups is 1. The highest BCUT2D eigenvalue weighted by molar-refractivity contribution is 6.30. The smallest absolute Gasteiger partial charge is 0.218 e. The molecular weight excluding hydrogens is 474 g/mol. The van der Waals surface area contributed by atoms with E-state index in [9.17, 15) is 9.90 Å². The van der Waals surface area contributed by atoms with Gasteiger partial charge in [0.05, 0.1) is 12.1 Å². The van der Waals surface area contributed by atoms with Gasteiger partial charge in [0.15, 0.2) is 0 Å². The van der Waals surface area contributed by atoms with Gasteiger partial charge in [0, 0.05) is 42.7 Å². The Morgan fingerprint density at radius 1 is 1.22 bits per heavy atom. The summed E-state index contributed by atoms with van der Waals surface area (Å²) < 4.78 is 6.46. The maximum absolute atomic E-state index is 11.9. The SMILES string of the molecule is CC(=O)N[C@@H](Cc1ccc(Cl)cc1)[C@H](O)CN[C@H]1CC2(CC(C)C2)Oc2ncc(CC(C)(C)C)cc21. The van der Waals surface area contributed by atoms with Crippen molar-refractivity contribution in [2.45, 2.75) is 90.5 Å². The number of carbonyl (C=O) groups is 1. The summed E-state index contributed by atoms with van der Waals surface area (Å²) >= 11 is 6.02. The molecular formula is C29H40ClN3O3. The summed E-state index contributed by atoms with van der Waals surface area (Å²) in [6.45, 7) is 10.8. The van der Waals surface area contributed by atoms with E-state index in [1.807, 2.05) is 30.5 Å². The third-order valence-electron chi connectivity index (χ3n) is 7.17. The minimum atomic E-state index is -0.766. The quantitative estimate of drug-likeness (QED) is 0.462. The van der Waals surface area contributed by atoms with Gasteiger partial charge in [-0.25, -0.2) is 4.98 Å². The number of amides is 1. The van der Waals surface area contributed by atoms with Crippen LogP contribution >= 0.6 is 11.6 Å². The Labute approximate surface area is 220 Å². The number of hydrogen-bond donors (Lipinski definition) is 3. The van der Waals surface area contributed by atoms with E-state index < -0.39 is 12.1 Å². The van der Waals surface area contributed by atoms with E-state index in [1.165, 1.54) is 12.5 Å². The lowest BCUT2D eigenvalue weighted by atomic mass is 9.67. The topological polar surface area (TPSA) is 83.5 Å². The predicted octanol–water partition coefficient (Wildman–Crippen LogP) is 5.01. The van der Waals surface area contributed by atoms with Crippen LogP contribution in [0.3, 0.4) is 0 Å². The lowest BCUT2D eigenvalue weighted by molar-refractivity contribution is -0.120. The number of benzene rings is 1. The van der Waals surface area contributed by atoms with Crippen LogP contribution < -0.4 is 15.4 Å². The third kappa shape index (κ3) is 6.78. The summed E-state index contributed by atoms with van der Waals surface area (Å²) in [7, 11) is 0. The molecule has 3 atom stereocenters. The first-order valence-corrected chi connectivity index (χ1v) is 13.4. The first-order valence-electron chi connectivity index (χ1n) is 13.0. The third-order valence-corrected chi connectivity index (χ3v) is 7.42. The van der Waals surface area contributed by atoms with Crippen LogP contribution in [0.15, 0.2) is 36.5 Å². The summed E-state index contributed by atoms with van der Waals surface area (Å²) in [5, 5.41) is 18.4. The first-order chi connectivity index (χ1) is 16.9. The van der Waals surface area contributed by atoms with Crippen molar-refractivity contribution >= 4 is 17.5 Å². The normalized spacial score (nSPS) is 24.9. The number of hydrogen-bond acceptors (Lipinski definition) is 5. The van der Waals surface area contributed by atoms with Gasteiger partial charge in [0.1, 0.15) is 5.60 Å².